The van der Waals surface area contributed by atoms with Crippen LogP contribution in [0, 0.1) is 17.0 Å². The number of nitro groups is 1. The van der Waals surface area contributed by atoms with Crippen LogP contribution in [0.25, 0.3) is 0 Å². The molecule has 0 spiro atoms. The second kappa shape index (κ2) is 13.2. The molecule has 0 saturated heterocycles. The number of anilines is 1. The van der Waals surface area contributed by atoms with Crippen LogP contribution in [0.1, 0.15) is 18.1 Å². The van der Waals surface area contributed by atoms with Crippen molar-refractivity contribution in [1.29, 1.82) is 0 Å². The molecule has 11 nitrogen and oxygen atoms in total. The lowest BCUT2D eigenvalue weighted by atomic mass is 10.1. The Morgan fingerprint density at radius 1 is 1.05 bits per heavy atom. The average Bonchev–Trinajstić information content (AvgIpc) is 2.94. The number of sulfonamides is 1. The van der Waals surface area contributed by atoms with E-state index in [1.54, 1.807) is 24.3 Å². The van der Waals surface area contributed by atoms with Crippen molar-refractivity contribution in [2.75, 3.05) is 25.0 Å². The van der Waals surface area contributed by atoms with Crippen LogP contribution >= 0.6 is 23.2 Å². The molecule has 0 aliphatic heterocycles. The lowest BCUT2D eigenvalue weighted by Crippen LogP contribution is -2.50. The second-order valence-electron chi connectivity index (χ2n) is 8.97. The highest BCUT2D eigenvalue weighted by Crippen LogP contribution is 2.36. The number of nitrogens with zero attached hydrogens (tertiary/aromatic N) is 3. The van der Waals surface area contributed by atoms with Gasteiger partial charge in [-0.2, -0.15) is 0 Å². The van der Waals surface area contributed by atoms with Crippen molar-refractivity contribution in [2.45, 2.75) is 31.3 Å². The lowest BCUT2D eigenvalue weighted by molar-refractivity contribution is -0.385. The van der Waals surface area contributed by atoms with E-state index in [0.29, 0.717) is 10.6 Å². The minimum atomic E-state index is -4.61. The largest absolute Gasteiger partial charge is 0.495 e. The topological polar surface area (TPSA) is 139 Å². The molecular formula is C27H28Cl2N4O7S. The monoisotopic (exact) mass is 622 g/mol. The van der Waals surface area contributed by atoms with Crippen molar-refractivity contribution in [1.82, 2.24) is 10.2 Å². The number of carbonyl (C=O) groups is 2. The Balaban J connectivity index is 2.16. The first-order valence-electron chi connectivity index (χ1n) is 12.2. The quantitative estimate of drug-likeness (QED) is 0.244. The zero-order valence-corrected chi connectivity index (χ0v) is 25.0. The normalized spacial score (nSPS) is 11.9. The zero-order valence-electron chi connectivity index (χ0n) is 22.6. The molecule has 41 heavy (non-hydrogen) atoms. The van der Waals surface area contributed by atoms with Crippen molar-refractivity contribution in [3.05, 3.63) is 92.0 Å². The van der Waals surface area contributed by atoms with Crippen LogP contribution in [-0.4, -0.2) is 56.8 Å². The summed E-state index contributed by atoms with van der Waals surface area (Å²) in [7, 11) is -1.88. The van der Waals surface area contributed by atoms with Crippen LogP contribution in [0.5, 0.6) is 5.75 Å². The Hall–Kier alpha value is -3.87. The predicted octanol–water partition coefficient (Wildman–Crippen LogP) is 4.58. The van der Waals surface area contributed by atoms with E-state index in [0.717, 1.165) is 10.4 Å². The van der Waals surface area contributed by atoms with Crippen LogP contribution in [0.2, 0.25) is 10.0 Å². The van der Waals surface area contributed by atoms with E-state index >= 15 is 0 Å². The number of hydrogen-bond donors (Lipinski definition) is 1. The fraction of sp³-hybridized carbons (Fsp3) is 0.259. The third-order valence-corrected chi connectivity index (χ3v) is 8.58. The van der Waals surface area contributed by atoms with Crippen molar-refractivity contribution >= 4 is 56.4 Å². The Morgan fingerprint density at radius 2 is 1.68 bits per heavy atom. The Morgan fingerprint density at radius 3 is 2.27 bits per heavy atom. The molecule has 14 heteroatoms. The van der Waals surface area contributed by atoms with E-state index in [4.69, 9.17) is 27.9 Å². The molecule has 3 aromatic carbocycles. The molecule has 2 amide bonds. The van der Waals surface area contributed by atoms with Gasteiger partial charge in [0.25, 0.3) is 15.7 Å². The van der Waals surface area contributed by atoms with E-state index < -0.39 is 49.9 Å². The van der Waals surface area contributed by atoms with E-state index in [-0.39, 0.29) is 28.6 Å². The summed E-state index contributed by atoms with van der Waals surface area (Å²) in [5.41, 5.74) is 0.413. The second-order valence-corrected chi connectivity index (χ2v) is 11.7. The third-order valence-electron chi connectivity index (χ3n) is 6.33. The molecule has 3 aromatic rings. The number of amides is 2. The van der Waals surface area contributed by atoms with E-state index in [2.05, 4.69) is 5.32 Å². The molecule has 218 valence electrons. The number of methoxy groups -OCH3 is 1. The van der Waals surface area contributed by atoms with Gasteiger partial charge in [0.15, 0.2) is 0 Å². The van der Waals surface area contributed by atoms with Gasteiger partial charge in [0.2, 0.25) is 11.8 Å². The number of rotatable bonds is 11. The van der Waals surface area contributed by atoms with Gasteiger partial charge in [0, 0.05) is 35.3 Å². The van der Waals surface area contributed by atoms with Gasteiger partial charge in [-0.05, 0) is 55.8 Å². The van der Waals surface area contributed by atoms with E-state index in [9.17, 15) is 28.1 Å². The van der Waals surface area contributed by atoms with Crippen LogP contribution in [-0.2, 0) is 26.2 Å². The minimum absolute atomic E-state index is 0.0405. The molecular weight excluding hydrogens is 595 g/mol. The highest BCUT2D eigenvalue weighted by molar-refractivity contribution is 7.92. The molecule has 0 aromatic heterocycles. The summed E-state index contributed by atoms with van der Waals surface area (Å²) in [6.07, 6.45) is 0. The van der Waals surface area contributed by atoms with Crippen LogP contribution < -0.4 is 14.4 Å². The predicted molar refractivity (Wildman–Crippen MR) is 156 cm³/mol. The van der Waals surface area contributed by atoms with Crippen molar-refractivity contribution in [3.63, 3.8) is 0 Å². The lowest BCUT2D eigenvalue weighted by Gasteiger charge is -2.32. The number of ether oxygens (including phenoxy) is 1. The van der Waals surface area contributed by atoms with Gasteiger partial charge in [0.05, 0.1) is 22.6 Å². The molecule has 0 bridgehead atoms. The summed E-state index contributed by atoms with van der Waals surface area (Å²) in [6.45, 7) is 2.16. The summed E-state index contributed by atoms with van der Waals surface area (Å²) < 4.78 is 34.2. The zero-order chi connectivity index (χ0) is 30.5. The van der Waals surface area contributed by atoms with Gasteiger partial charge in [-0.1, -0.05) is 41.4 Å². The first-order valence-corrected chi connectivity index (χ1v) is 14.4. The molecule has 0 radical (unpaired) electrons. The van der Waals surface area contributed by atoms with E-state index in [1.807, 2.05) is 0 Å². The van der Waals surface area contributed by atoms with Crippen molar-refractivity contribution in [3.8, 4) is 5.75 Å². The first kappa shape index (κ1) is 31.7. The standard InChI is InChI=1S/C27H28Cl2N4O7S/c1-17-5-11-22(14-23(17)33(36)37)41(38,39)32(24-13-21(29)10-12-25(24)40-4)16-26(34)31(18(2)27(35)30-3)15-19-6-8-20(28)9-7-19/h5-14,18H,15-16H2,1-4H3,(H,30,35)/t18-/m0/s1. The molecule has 0 fully saturated rings. The van der Waals surface area contributed by atoms with Crippen LogP contribution in [0.4, 0.5) is 11.4 Å². The van der Waals surface area contributed by atoms with Gasteiger partial charge in [-0.25, -0.2) is 8.42 Å². The molecule has 1 atom stereocenters. The maximum absolute atomic E-state index is 14.1. The SMILES string of the molecule is CNC(=O)[C@H](C)N(Cc1ccc(Cl)cc1)C(=O)CN(c1cc(Cl)ccc1OC)S(=O)(=O)c1ccc(C)c([N+](=O)[O-])c1. The summed E-state index contributed by atoms with van der Waals surface area (Å²) in [5.74, 6) is -1.13. The number of nitrogens with one attached hydrogen (secondary N) is 1. The Labute approximate surface area is 247 Å². The van der Waals surface area contributed by atoms with Gasteiger partial charge < -0.3 is 15.0 Å². The Bertz CT molecular complexity index is 1570. The van der Waals surface area contributed by atoms with Crippen molar-refractivity contribution in [2.24, 2.45) is 0 Å². The maximum Gasteiger partial charge on any atom is 0.273 e. The van der Waals surface area contributed by atoms with E-state index in [1.165, 1.54) is 63.2 Å². The number of likely N-dealkylation sites (N-methyl/N-ethyl adjacent to an activating group) is 1. The van der Waals surface area contributed by atoms with Gasteiger partial charge in [-0.15, -0.1) is 0 Å². The summed E-state index contributed by atoms with van der Waals surface area (Å²) >= 11 is 12.2. The number of hydrogen-bond acceptors (Lipinski definition) is 7. The molecule has 0 heterocycles. The van der Waals surface area contributed by atoms with Crippen molar-refractivity contribution < 1.29 is 27.7 Å². The molecule has 0 aliphatic rings. The average molecular weight is 624 g/mol. The number of carbonyl (C=O) groups excluding carboxylic acids is 2. The molecule has 3 rings (SSSR count). The summed E-state index contributed by atoms with van der Waals surface area (Å²) in [5, 5.41) is 14.7. The third kappa shape index (κ3) is 7.26. The highest BCUT2D eigenvalue weighted by atomic mass is 35.5. The summed E-state index contributed by atoms with van der Waals surface area (Å²) in [4.78, 5) is 38.2. The number of nitro benzene ring substituents is 1. The molecule has 0 aliphatic carbocycles. The summed E-state index contributed by atoms with van der Waals surface area (Å²) in [6, 6.07) is 13.3. The fourth-order valence-electron chi connectivity index (χ4n) is 4.02. The van der Waals surface area contributed by atoms with Crippen LogP contribution in [0.15, 0.2) is 65.6 Å². The molecule has 1 N–H and O–H groups in total. The number of halogens is 2. The molecule has 0 saturated carbocycles. The first-order chi connectivity index (χ1) is 19.3. The maximum atomic E-state index is 14.1. The molecule has 0 unspecified atom stereocenters. The van der Waals surface area contributed by atoms with Gasteiger partial charge >= 0.3 is 0 Å². The fourth-order valence-corrected chi connectivity index (χ4v) is 5.75. The number of benzene rings is 3. The Kier molecular flexibility index (Phi) is 10.2. The number of aryl methyl sites for hydroxylation is 1. The minimum Gasteiger partial charge on any atom is -0.495 e. The highest BCUT2D eigenvalue weighted by Gasteiger charge is 2.34. The van der Waals surface area contributed by atoms with Gasteiger partial charge in [0.1, 0.15) is 18.3 Å². The van der Waals surface area contributed by atoms with Crippen LogP contribution in [0.3, 0.4) is 0 Å². The smallest absolute Gasteiger partial charge is 0.273 e. The van der Waals surface area contributed by atoms with Gasteiger partial charge in [-0.3, -0.25) is 24.0 Å².